The standard InChI is InChI=1S/C25H27N3O5/c1-15(24(30)27-20-8-4-6-16-5-2-3-7-19(16)20)26-25(31)17-11-23(29)28(13-17)18-9-10-21-22(12-18)33-14-32-21/h2-3,5,7,9-10,12,15,17,20H,4,6,8,11,13-14H2,1H3,(H,26,31)(H,27,30)/t15-,17-,20-/m0/s1. The van der Waals surface area contributed by atoms with Gasteiger partial charge >= 0.3 is 0 Å². The van der Waals surface area contributed by atoms with Gasteiger partial charge in [0.05, 0.1) is 12.0 Å². The molecule has 5 rings (SSSR count). The van der Waals surface area contributed by atoms with Crippen LogP contribution in [-0.2, 0) is 20.8 Å². The van der Waals surface area contributed by atoms with Crippen LogP contribution in [0, 0.1) is 5.92 Å². The molecule has 8 nitrogen and oxygen atoms in total. The van der Waals surface area contributed by atoms with Crippen molar-refractivity contribution in [3.63, 3.8) is 0 Å². The van der Waals surface area contributed by atoms with Crippen LogP contribution in [0.25, 0.3) is 0 Å². The molecule has 3 aliphatic rings. The summed E-state index contributed by atoms with van der Waals surface area (Å²) in [4.78, 5) is 39.8. The quantitative estimate of drug-likeness (QED) is 0.731. The van der Waals surface area contributed by atoms with Gasteiger partial charge in [-0.05, 0) is 49.4 Å². The number of nitrogens with zero attached hydrogens (tertiary/aromatic N) is 1. The van der Waals surface area contributed by atoms with Crippen molar-refractivity contribution < 1.29 is 23.9 Å². The highest BCUT2D eigenvalue weighted by molar-refractivity contribution is 6.01. The zero-order chi connectivity index (χ0) is 22.9. The molecule has 8 heteroatoms. The van der Waals surface area contributed by atoms with Crippen LogP contribution in [0.5, 0.6) is 11.5 Å². The lowest BCUT2D eigenvalue weighted by Gasteiger charge is -2.28. The minimum Gasteiger partial charge on any atom is -0.454 e. The van der Waals surface area contributed by atoms with Gasteiger partial charge in [0.2, 0.25) is 24.5 Å². The monoisotopic (exact) mass is 449 g/mol. The van der Waals surface area contributed by atoms with Crippen molar-refractivity contribution in [2.24, 2.45) is 5.92 Å². The van der Waals surface area contributed by atoms with E-state index in [9.17, 15) is 14.4 Å². The molecule has 0 aromatic heterocycles. The molecule has 172 valence electrons. The van der Waals surface area contributed by atoms with Crippen LogP contribution in [0.2, 0.25) is 0 Å². The largest absolute Gasteiger partial charge is 0.454 e. The molecule has 0 bridgehead atoms. The fraction of sp³-hybridized carbons (Fsp3) is 0.400. The van der Waals surface area contributed by atoms with Gasteiger partial charge in [-0.3, -0.25) is 14.4 Å². The van der Waals surface area contributed by atoms with E-state index in [1.807, 2.05) is 12.1 Å². The number of nitrogens with one attached hydrogen (secondary N) is 2. The van der Waals surface area contributed by atoms with Crippen molar-refractivity contribution >= 4 is 23.4 Å². The van der Waals surface area contributed by atoms with Crippen LogP contribution in [0.3, 0.4) is 0 Å². The molecule has 2 N–H and O–H groups in total. The first-order valence-electron chi connectivity index (χ1n) is 11.4. The van der Waals surface area contributed by atoms with Crippen LogP contribution in [-0.4, -0.2) is 37.1 Å². The van der Waals surface area contributed by atoms with Gasteiger partial charge < -0.3 is 25.0 Å². The first-order valence-corrected chi connectivity index (χ1v) is 11.4. The molecule has 33 heavy (non-hydrogen) atoms. The van der Waals surface area contributed by atoms with Crippen molar-refractivity contribution in [3.8, 4) is 11.5 Å². The lowest BCUT2D eigenvalue weighted by atomic mass is 9.87. The van der Waals surface area contributed by atoms with Crippen molar-refractivity contribution in [2.75, 3.05) is 18.2 Å². The lowest BCUT2D eigenvalue weighted by Crippen LogP contribution is -2.48. The zero-order valence-corrected chi connectivity index (χ0v) is 18.5. The second-order valence-electron chi connectivity index (χ2n) is 8.83. The maximum atomic E-state index is 12.8. The van der Waals surface area contributed by atoms with Crippen molar-refractivity contribution in [3.05, 3.63) is 53.6 Å². The van der Waals surface area contributed by atoms with E-state index in [2.05, 4.69) is 22.8 Å². The highest BCUT2D eigenvalue weighted by Crippen LogP contribution is 2.37. The summed E-state index contributed by atoms with van der Waals surface area (Å²) < 4.78 is 10.7. The molecule has 3 amide bonds. The van der Waals surface area contributed by atoms with E-state index in [4.69, 9.17) is 9.47 Å². The van der Waals surface area contributed by atoms with Gasteiger partial charge in [0, 0.05) is 24.7 Å². The number of hydrogen-bond donors (Lipinski definition) is 2. The van der Waals surface area contributed by atoms with Crippen molar-refractivity contribution in [1.82, 2.24) is 10.6 Å². The van der Waals surface area contributed by atoms with E-state index in [0.29, 0.717) is 17.2 Å². The van der Waals surface area contributed by atoms with Crippen LogP contribution in [0.1, 0.15) is 43.4 Å². The molecular formula is C25H27N3O5. The molecule has 2 aromatic rings. The number of aryl methyl sites for hydroxylation is 1. The normalized spacial score (nSPS) is 22.0. The Bertz CT molecular complexity index is 1100. The molecule has 1 saturated heterocycles. The second-order valence-corrected chi connectivity index (χ2v) is 8.83. The fourth-order valence-corrected chi connectivity index (χ4v) is 4.78. The smallest absolute Gasteiger partial charge is 0.242 e. The molecule has 0 spiro atoms. The number of fused-ring (bicyclic) bond motifs is 2. The average molecular weight is 450 g/mol. The average Bonchev–Trinajstić information content (AvgIpc) is 3.45. The van der Waals surface area contributed by atoms with Crippen molar-refractivity contribution in [1.29, 1.82) is 0 Å². The van der Waals surface area contributed by atoms with E-state index in [0.717, 1.165) is 24.8 Å². The van der Waals surface area contributed by atoms with Crippen LogP contribution >= 0.6 is 0 Å². The van der Waals surface area contributed by atoms with E-state index >= 15 is 0 Å². The molecule has 2 aromatic carbocycles. The minimum absolute atomic E-state index is 0.0450. The summed E-state index contributed by atoms with van der Waals surface area (Å²) in [5.74, 6) is 0.0571. The van der Waals surface area contributed by atoms with Gasteiger partial charge in [0.25, 0.3) is 0 Å². The predicted octanol–water partition coefficient (Wildman–Crippen LogP) is 2.47. The summed E-state index contributed by atoms with van der Waals surface area (Å²) in [6.07, 6.45) is 3.02. The third-order valence-corrected chi connectivity index (χ3v) is 6.60. The number of benzene rings is 2. The lowest BCUT2D eigenvalue weighted by molar-refractivity contribution is -0.131. The zero-order valence-electron chi connectivity index (χ0n) is 18.5. The van der Waals surface area contributed by atoms with E-state index in [1.54, 1.807) is 30.0 Å². The van der Waals surface area contributed by atoms with Crippen molar-refractivity contribution in [2.45, 2.75) is 44.7 Å². The topological polar surface area (TPSA) is 97.0 Å². The summed E-state index contributed by atoms with van der Waals surface area (Å²) in [7, 11) is 0. The maximum absolute atomic E-state index is 12.8. The molecule has 2 heterocycles. The second kappa shape index (κ2) is 8.77. The molecule has 1 aliphatic carbocycles. The number of hydrogen-bond acceptors (Lipinski definition) is 5. The van der Waals surface area contributed by atoms with Crippen LogP contribution in [0.15, 0.2) is 42.5 Å². The Morgan fingerprint density at radius 3 is 2.82 bits per heavy atom. The molecule has 0 unspecified atom stereocenters. The van der Waals surface area contributed by atoms with Gasteiger partial charge in [0.15, 0.2) is 11.5 Å². The minimum atomic E-state index is -0.693. The predicted molar refractivity (Wildman–Crippen MR) is 121 cm³/mol. The van der Waals surface area contributed by atoms with E-state index in [1.165, 1.54) is 5.56 Å². The molecule has 3 atom stereocenters. The van der Waals surface area contributed by atoms with E-state index in [-0.39, 0.29) is 43.5 Å². The Kier molecular flexibility index (Phi) is 5.66. The van der Waals surface area contributed by atoms with Gasteiger partial charge in [-0.1, -0.05) is 24.3 Å². The van der Waals surface area contributed by atoms with Gasteiger partial charge in [0.1, 0.15) is 6.04 Å². The number of carbonyl (C=O) groups excluding carboxylic acids is 3. The number of amides is 3. The highest BCUT2D eigenvalue weighted by atomic mass is 16.7. The number of anilines is 1. The Morgan fingerprint density at radius 1 is 1.12 bits per heavy atom. The number of rotatable bonds is 5. The molecule has 0 radical (unpaired) electrons. The third-order valence-electron chi connectivity index (χ3n) is 6.60. The van der Waals surface area contributed by atoms with Gasteiger partial charge in [-0.15, -0.1) is 0 Å². The summed E-state index contributed by atoms with van der Waals surface area (Å²) in [5, 5.41) is 5.88. The van der Waals surface area contributed by atoms with Crippen LogP contribution < -0.4 is 25.0 Å². The third kappa shape index (κ3) is 4.25. The Balaban J connectivity index is 1.18. The fourth-order valence-electron chi connectivity index (χ4n) is 4.78. The van der Waals surface area contributed by atoms with E-state index < -0.39 is 12.0 Å². The molecule has 0 saturated carbocycles. The highest BCUT2D eigenvalue weighted by Gasteiger charge is 2.37. The first-order chi connectivity index (χ1) is 16.0. The first kappa shape index (κ1) is 21.3. The number of carbonyl (C=O) groups is 3. The summed E-state index contributed by atoms with van der Waals surface area (Å²) in [6.45, 7) is 2.09. The SMILES string of the molecule is C[C@H](NC(=O)[C@H]1CC(=O)N(c2ccc3c(c2)OCO3)C1)C(=O)N[C@H]1CCCc2ccccc21. The molecule has 1 fully saturated rings. The maximum Gasteiger partial charge on any atom is 0.242 e. The summed E-state index contributed by atoms with van der Waals surface area (Å²) in [6, 6.07) is 12.7. The molecule has 2 aliphatic heterocycles. The van der Waals surface area contributed by atoms with Crippen LogP contribution in [0.4, 0.5) is 5.69 Å². The Labute approximate surface area is 192 Å². The van der Waals surface area contributed by atoms with Gasteiger partial charge in [-0.2, -0.15) is 0 Å². The summed E-state index contributed by atoms with van der Waals surface area (Å²) in [5.41, 5.74) is 3.08. The Morgan fingerprint density at radius 2 is 1.94 bits per heavy atom. The molecular weight excluding hydrogens is 422 g/mol. The number of ether oxygens (including phenoxy) is 2. The summed E-state index contributed by atoms with van der Waals surface area (Å²) >= 11 is 0. The Hall–Kier alpha value is -3.55. The van der Waals surface area contributed by atoms with Gasteiger partial charge in [-0.25, -0.2) is 0 Å².